The number of hydrogen-bond acceptors (Lipinski definition) is 2. The number of ketones is 1. The molecule has 0 aliphatic carbocycles. The van der Waals surface area contributed by atoms with E-state index in [1.807, 2.05) is 13.8 Å². The monoisotopic (exact) mass is 155 g/mol. The van der Waals surface area contributed by atoms with Crippen LogP contribution in [0.15, 0.2) is 0 Å². The minimum atomic E-state index is -0.122. The molecule has 0 aromatic carbocycles. The van der Waals surface area contributed by atoms with Gasteiger partial charge in [0.1, 0.15) is 5.78 Å². The van der Waals surface area contributed by atoms with E-state index < -0.39 is 0 Å². The van der Waals surface area contributed by atoms with Crippen LogP contribution in [0.3, 0.4) is 0 Å². The zero-order chi connectivity index (χ0) is 8.48. The van der Waals surface area contributed by atoms with Gasteiger partial charge in [0.15, 0.2) is 0 Å². The summed E-state index contributed by atoms with van der Waals surface area (Å²) in [6.07, 6.45) is 1.15. The van der Waals surface area contributed by atoms with E-state index in [1.54, 1.807) is 6.92 Å². The summed E-state index contributed by atoms with van der Waals surface area (Å²) in [7, 11) is 0. The lowest BCUT2D eigenvalue weighted by molar-refractivity contribution is -0.127. The molecule has 2 heteroatoms. The number of Topliss-reactive ketones (excluding diaryl/α,β-unsaturated/α-hetero) is 1. The van der Waals surface area contributed by atoms with Gasteiger partial charge in [0, 0.05) is 5.41 Å². The maximum atomic E-state index is 11.2. The Morgan fingerprint density at radius 3 is 2.55 bits per heavy atom. The Bertz CT molecular complexity index is 157. The smallest absolute Gasteiger partial charge is 0.135 e. The summed E-state index contributed by atoms with van der Waals surface area (Å²) in [5.41, 5.74) is -0.122. The Kier molecular flexibility index (Phi) is 2.33. The molecule has 1 saturated heterocycles. The van der Waals surface area contributed by atoms with Crippen molar-refractivity contribution in [3.05, 3.63) is 0 Å². The topological polar surface area (TPSA) is 29.1 Å². The highest BCUT2D eigenvalue weighted by Crippen LogP contribution is 2.31. The highest BCUT2D eigenvalue weighted by Gasteiger charge is 2.35. The van der Waals surface area contributed by atoms with Crippen molar-refractivity contribution in [1.29, 1.82) is 0 Å². The molecule has 0 aromatic heterocycles. The number of carbonyl (C=O) groups is 1. The molecule has 1 heterocycles. The summed E-state index contributed by atoms with van der Waals surface area (Å²) >= 11 is 0. The van der Waals surface area contributed by atoms with Gasteiger partial charge in [0.25, 0.3) is 0 Å². The van der Waals surface area contributed by atoms with Gasteiger partial charge in [0.2, 0.25) is 0 Å². The van der Waals surface area contributed by atoms with E-state index in [9.17, 15) is 4.79 Å². The predicted octanol–water partition coefficient (Wildman–Crippen LogP) is 1.21. The lowest BCUT2D eigenvalue weighted by atomic mass is 9.75. The van der Waals surface area contributed by atoms with E-state index in [0.29, 0.717) is 11.7 Å². The van der Waals surface area contributed by atoms with Crippen LogP contribution in [-0.4, -0.2) is 18.9 Å². The summed E-state index contributed by atoms with van der Waals surface area (Å²) in [5, 5.41) is 3.28. The van der Waals surface area contributed by atoms with Crippen molar-refractivity contribution in [2.75, 3.05) is 13.1 Å². The molecule has 1 aliphatic heterocycles. The molecule has 2 nitrogen and oxygen atoms in total. The second-order valence-electron chi connectivity index (χ2n) is 3.97. The normalized spacial score (nSPS) is 25.5. The Morgan fingerprint density at radius 2 is 2.18 bits per heavy atom. The molecule has 0 unspecified atom stereocenters. The number of rotatable bonds is 2. The van der Waals surface area contributed by atoms with E-state index in [4.69, 9.17) is 0 Å². The third-order valence-corrected chi connectivity index (χ3v) is 2.99. The molecule has 1 N–H and O–H groups in total. The molecule has 1 rings (SSSR count). The number of hydrogen-bond donors (Lipinski definition) is 1. The van der Waals surface area contributed by atoms with Gasteiger partial charge in [-0.25, -0.2) is 0 Å². The molecule has 0 radical (unpaired) electrons. The van der Waals surface area contributed by atoms with Crippen molar-refractivity contribution < 1.29 is 4.79 Å². The summed E-state index contributed by atoms with van der Waals surface area (Å²) in [4.78, 5) is 11.2. The zero-order valence-corrected chi connectivity index (χ0v) is 7.61. The third kappa shape index (κ3) is 1.62. The van der Waals surface area contributed by atoms with E-state index in [-0.39, 0.29) is 5.41 Å². The Hall–Kier alpha value is -0.370. The van der Waals surface area contributed by atoms with Crippen LogP contribution >= 0.6 is 0 Å². The Balaban J connectivity index is 2.62. The second-order valence-corrected chi connectivity index (χ2v) is 3.97. The lowest BCUT2D eigenvalue weighted by Gasteiger charge is -2.27. The number of carbonyl (C=O) groups excluding carboxylic acids is 1. The summed E-state index contributed by atoms with van der Waals surface area (Å²) in [6, 6.07) is 0. The average molecular weight is 155 g/mol. The first kappa shape index (κ1) is 8.72. The van der Waals surface area contributed by atoms with Crippen LogP contribution in [0, 0.1) is 11.3 Å². The van der Waals surface area contributed by atoms with E-state index in [0.717, 1.165) is 19.5 Å². The summed E-state index contributed by atoms with van der Waals surface area (Å²) < 4.78 is 0. The molecular weight excluding hydrogens is 138 g/mol. The Morgan fingerprint density at radius 1 is 1.55 bits per heavy atom. The van der Waals surface area contributed by atoms with Crippen LogP contribution in [0.4, 0.5) is 0 Å². The molecule has 11 heavy (non-hydrogen) atoms. The van der Waals surface area contributed by atoms with Crippen LogP contribution in [0.5, 0.6) is 0 Å². The maximum absolute atomic E-state index is 11.2. The second kappa shape index (κ2) is 2.94. The van der Waals surface area contributed by atoms with Crippen molar-refractivity contribution in [2.45, 2.75) is 27.2 Å². The van der Waals surface area contributed by atoms with Gasteiger partial charge < -0.3 is 5.32 Å². The standard InChI is InChI=1S/C9H17NO/c1-7(11)9(2,3)8-4-5-10-6-8/h8,10H,4-6H2,1-3H3/t8-/m1/s1. The fourth-order valence-corrected chi connectivity index (χ4v) is 1.56. The predicted molar refractivity (Wildman–Crippen MR) is 45.4 cm³/mol. The van der Waals surface area contributed by atoms with Crippen molar-refractivity contribution in [3.8, 4) is 0 Å². The average Bonchev–Trinajstić information content (AvgIpc) is 2.37. The molecule has 0 aromatic rings. The van der Waals surface area contributed by atoms with Gasteiger partial charge in [-0.05, 0) is 32.4 Å². The van der Waals surface area contributed by atoms with Gasteiger partial charge in [-0.3, -0.25) is 4.79 Å². The molecule has 0 amide bonds. The van der Waals surface area contributed by atoms with Crippen molar-refractivity contribution in [3.63, 3.8) is 0 Å². The highest BCUT2D eigenvalue weighted by atomic mass is 16.1. The summed E-state index contributed by atoms with van der Waals surface area (Å²) in [5.74, 6) is 0.853. The molecule has 0 saturated carbocycles. The van der Waals surface area contributed by atoms with Crippen LogP contribution in [0.25, 0.3) is 0 Å². The van der Waals surface area contributed by atoms with Crippen molar-refractivity contribution in [1.82, 2.24) is 5.32 Å². The van der Waals surface area contributed by atoms with Crippen LogP contribution in [0.2, 0.25) is 0 Å². The largest absolute Gasteiger partial charge is 0.316 e. The lowest BCUT2D eigenvalue weighted by Crippen LogP contribution is -2.32. The van der Waals surface area contributed by atoms with E-state index in [1.165, 1.54) is 0 Å². The first-order chi connectivity index (χ1) is 5.05. The van der Waals surface area contributed by atoms with Crippen molar-refractivity contribution >= 4 is 5.78 Å². The molecule has 0 spiro atoms. The molecule has 1 aliphatic rings. The van der Waals surface area contributed by atoms with E-state index in [2.05, 4.69) is 5.32 Å². The SMILES string of the molecule is CC(=O)C(C)(C)[C@@H]1CCNC1. The van der Waals surface area contributed by atoms with Crippen molar-refractivity contribution in [2.24, 2.45) is 11.3 Å². The third-order valence-electron chi connectivity index (χ3n) is 2.99. The van der Waals surface area contributed by atoms with Gasteiger partial charge in [0.05, 0.1) is 0 Å². The minimum absolute atomic E-state index is 0.122. The maximum Gasteiger partial charge on any atom is 0.135 e. The fraction of sp³-hybridized carbons (Fsp3) is 0.889. The first-order valence-corrected chi connectivity index (χ1v) is 4.27. The quantitative estimate of drug-likeness (QED) is 0.649. The van der Waals surface area contributed by atoms with Crippen LogP contribution in [0.1, 0.15) is 27.2 Å². The highest BCUT2D eigenvalue weighted by molar-refractivity contribution is 5.81. The number of nitrogens with one attached hydrogen (secondary N) is 1. The van der Waals surface area contributed by atoms with Gasteiger partial charge >= 0.3 is 0 Å². The van der Waals surface area contributed by atoms with E-state index >= 15 is 0 Å². The summed E-state index contributed by atoms with van der Waals surface area (Å²) in [6.45, 7) is 7.87. The van der Waals surface area contributed by atoms with Gasteiger partial charge in [-0.15, -0.1) is 0 Å². The minimum Gasteiger partial charge on any atom is -0.316 e. The Labute approximate surface area is 68.4 Å². The molecule has 0 bridgehead atoms. The van der Waals surface area contributed by atoms with Crippen LogP contribution in [-0.2, 0) is 4.79 Å². The fourth-order valence-electron chi connectivity index (χ4n) is 1.56. The van der Waals surface area contributed by atoms with Gasteiger partial charge in [-0.1, -0.05) is 13.8 Å². The molecule has 1 fully saturated rings. The molecular formula is C9H17NO. The molecule has 1 atom stereocenters. The van der Waals surface area contributed by atoms with Crippen LogP contribution < -0.4 is 5.32 Å². The molecule has 64 valence electrons. The zero-order valence-electron chi connectivity index (χ0n) is 7.61. The first-order valence-electron chi connectivity index (χ1n) is 4.27. The van der Waals surface area contributed by atoms with Gasteiger partial charge in [-0.2, -0.15) is 0 Å².